The standard InChI is InChI=1S/C15H22N2O/c1-9-5-10(2)13(11(3)6-9)7-15-14(8-18)12(4)16-17-15/h5-6,8,12,14-17H,7H2,1-4H3. The summed E-state index contributed by atoms with van der Waals surface area (Å²) in [7, 11) is 0. The van der Waals surface area contributed by atoms with Gasteiger partial charge in [0.1, 0.15) is 6.29 Å². The minimum Gasteiger partial charge on any atom is -0.303 e. The van der Waals surface area contributed by atoms with E-state index in [4.69, 9.17) is 0 Å². The van der Waals surface area contributed by atoms with Crippen molar-refractivity contribution in [1.82, 2.24) is 10.9 Å². The molecule has 1 saturated heterocycles. The molecule has 0 radical (unpaired) electrons. The Morgan fingerprint density at radius 2 is 1.78 bits per heavy atom. The SMILES string of the molecule is Cc1cc(C)c(CC2NNC(C)C2C=O)c(C)c1. The molecule has 1 heterocycles. The number of hydrazine groups is 1. The first-order valence-electron chi connectivity index (χ1n) is 6.56. The van der Waals surface area contributed by atoms with Crippen LogP contribution >= 0.6 is 0 Å². The first-order chi connectivity index (χ1) is 8.52. The lowest BCUT2D eigenvalue weighted by Crippen LogP contribution is -2.34. The number of hydrogen-bond donors (Lipinski definition) is 2. The molecule has 3 heteroatoms. The maximum absolute atomic E-state index is 11.2. The number of nitrogens with one attached hydrogen (secondary N) is 2. The average molecular weight is 246 g/mol. The van der Waals surface area contributed by atoms with E-state index in [-0.39, 0.29) is 18.0 Å². The highest BCUT2D eigenvalue weighted by molar-refractivity contribution is 5.57. The van der Waals surface area contributed by atoms with E-state index in [1.807, 2.05) is 6.92 Å². The van der Waals surface area contributed by atoms with Crippen LogP contribution in [0.2, 0.25) is 0 Å². The molecule has 2 rings (SSSR count). The van der Waals surface area contributed by atoms with E-state index in [2.05, 4.69) is 43.8 Å². The van der Waals surface area contributed by atoms with E-state index < -0.39 is 0 Å². The summed E-state index contributed by atoms with van der Waals surface area (Å²) in [4.78, 5) is 11.2. The molecule has 3 nitrogen and oxygen atoms in total. The van der Waals surface area contributed by atoms with Crippen LogP contribution in [0.3, 0.4) is 0 Å². The van der Waals surface area contributed by atoms with Gasteiger partial charge >= 0.3 is 0 Å². The third-order valence-corrected chi connectivity index (χ3v) is 3.96. The molecular formula is C15H22N2O. The van der Waals surface area contributed by atoms with Gasteiger partial charge in [0, 0.05) is 18.0 Å². The summed E-state index contributed by atoms with van der Waals surface area (Å²) in [6.07, 6.45) is 1.97. The first kappa shape index (κ1) is 13.2. The van der Waals surface area contributed by atoms with Crippen LogP contribution in [-0.4, -0.2) is 18.4 Å². The van der Waals surface area contributed by atoms with Crippen molar-refractivity contribution in [3.8, 4) is 0 Å². The molecule has 18 heavy (non-hydrogen) atoms. The average Bonchev–Trinajstić information content (AvgIpc) is 2.64. The zero-order chi connectivity index (χ0) is 13.3. The van der Waals surface area contributed by atoms with Gasteiger partial charge in [0.2, 0.25) is 0 Å². The van der Waals surface area contributed by atoms with Crippen LogP contribution in [-0.2, 0) is 11.2 Å². The number of hydrogen-bond acceptors (Lipinski definition) is 3. The smallest absolute Gasteiger partial charge is 0.126 e. The molecular weight excluding hydrogens is 224 g/mol. The normalized spacial score (nSPS) is 27.4. The van der Waals surface area contributed by atoms with Gasteiger partial charge in [-0.2, -0.15) is 0 Å². The quantitative estimate of drug-likeness (QED) is 0.800. The molecule has 1 aromatic rings. The van der Waals surface area contributed by atoms with Crippen LogP contribution in [0.15, 0.2) is 12.1 Å². The highest BCUT2D eigenvalue weighted by atomic mass is 16.1. The molecule has 0 spiro atoms. The predicted molar refractivity (Wildman–Crippen MR) is 73.4 cm³/mol. The maximum atomic E-state index is 11.2. The minimum absolute atomic E-state index is 0.0464. The van der Waals surface area contributed by atoms with Crippen LogP contribution in [0.4, 0.5) is 0 Å². The Hall–Kier alpha value is -1.19. The molecule has 1 aromatic carbocycles. The molecule has 0 saturated carbocycles. The van der Waals surface area contributed by atoms with E-state index in [0.29, 0.717) is 0 Å². The van der Waals surface area contributed by atoms with Gasteiger partial charge in [-0.3, -0.25) is 10.9 Å². The number of carbonyl (C=O) groups is 1. The minimum atomic E-state index is 0.0464. The summed E-state index contributed by atoms with van der Waals surface area (Å²) in [6.45, 7) is 8.46. The number of rotatable bonds is 3. The molecule has 2 N–H and O–H groups in total. The summed E-state index contributed by atoms with van der Waals surface area (Å²) < 4.78 is 0. The van der Waals surface area contributed by atoms with Crippen LogP contribution in [0.5, 0.6) is 0 Å². The fourth-order valence-corrected chi connectivity index (χ4v) is 2.93. The fraction of sp³-hybridized carbons (Fsp3) is 0.533. The number of aldehydes is 1. The highest BCUT2D eigenvalue weighted by Gasteiger charge is 2.33. The molecule has 98 valence electrons. The first-order valence-corrected chi connectivity index (χ1v) is 6.56. The lowest BCUT2D eigenvalue weighted by Gasteiger charge is -2.18. The number of benzene rings is 1. The molecule has 0 aliphatic carbocycles. The summed E-state index contributed by atoms with van der Waals surface area (Å²) in [5.41, 5.74) is 11.7. The summed E-state index contributed by atoms with van der Waals surface area (Å²) >= 11 is 0. The van der Waals surface area contributed by atoms with Crippen molar-refractivity contribution >= 4 is 6.29 Å². The summed E-state index contributed by atoms with van der Waals surface area (Å²) in [5.74, 6) is 0.0464. The van der Waals surface area contributed by atoms with Gasteiger partial charge in [-0.05, 0) is 50.8 Å². The number of aryl methyl sites for hydroxylation is 3. The Bertz CT molecular complexity index is 433. The molecule has 0 amide bonds. The van der Waals surface area contributed by atoms with Crippen molar-refractivity contribution in [1.29, 1.82) is 0 Å². The molecule has 0 aromatic heterocycles. The Balaban J connectivity index is 2.22. The van der Waals surface area contributed by atoms with Gasteiger partial charge in [0.15, 0.2) is 0 Å². The Morgan fingerprint density at radius 3 is 2.33 bits per heavy atom. The van der Waals surface area contributed by atoms with Crippen LogP contribution in [0, 0.1) is 26.7 Å². The summed E-state index contributed by atoms with van der Waals surface area (Å²) in [5, 5.41) is 0. The van der Waals surface area contributed by atoms with Gasteiger partial charge in [-0.1, -0.05) is 17.7 Å². The van der Waals surface area contributed by atoms with Crippen LogP contribution in [0.25, 0.3) is 0 Å². The second-order valence-corrected chi connectivity index (χ2v) is 5.48. The van der Waals surface area contributed by atoms with Crippen molar-refractivity contribution in [2.24, 2.45) is 5.92 Å². The topological polar surface area (TPSA) is 41.1 Å². The largest absolute Gasteiger partial charge is 0.303 e. The third-order valence-electron chi connectivity index (χ3n) is 3.96. The van der Waals surface area contributed by atoms with Crippen molar-refractivity contribution in [2.45, 2.75) is 46.2 Å². The zero-order valence-electron chi connectivity index (χ0n) is 11.6. The van der Waals surface area contributed by atoms with Crippen molar-refractivity contribution in [3.63, 3.8) is 0 Å². The molecule has 1 aliphatic heterocycles. The molecule has 3 unspecified atom stereocenters. The van der Waals surface area contributed by atoms with E-state index in [9.17, 15) is 4.79 Å². The second kappa shape index (κ2) is 5.21. The molecule has 1 fully saturated rings. The second-order valence-electron chi connectivity index (χ2n) is 5.48. The van der Waals surface area contributed by atoms with Gasteiger partial charge in [0.05, 0.1) is 0 Å². The van der Waals surface area contributed by atoms with Crippen molar-refractivity contribution in [2.75, 3.05) is 0 Å². The van der Waals surface area contributed by atoms with E-state index in [0.717, 1.165) is 12.7 Å². The third kappa shape index (κ3) is 2.47. The fourth-order valence-electron chi connectivity index (χ4n) is 2.93. The highest BCUT2D eigenvalue weighted by Crippen LogP contribution is 2.22. The summed E-state index contributed by atoms with van der Waals surface area (Å²) in [6, 6.07) is 4.82. The van der Waals surface area contributed by atoms with Crippen molar-refractivity contribution < 1.29 is 4.79 Å². The predicted octanol–water partition coefficient (Wildman–Crippen LogP) is 1.83. The molecule has 3 atom stereocenters. The monoisotopic (exact) mass is 246 g/mol. The molecule has 1 aliphatic rings. The maximum Gasteiger partial charge on any atom is 0.126 e. The van der Waals surface area contributed by atoms with E-state index in [1.54, 1.807) is 0 Å². The van der Waals surface area contributed by atoms with Crippen LogP contribution < -0.4 is 10.9 Å². The van der Waals surface area contributed by atoms with Gasteiger partial charge in [-0.15, -0.1) is 0 Å². The Labute approximate surface area is 109 Å². The Morgan fingerprint density at radius 1 is 1.17 bits per heavy atom. The van der Waals surface area contributed by atoms with Crippen molar-refractivity contribution in [3.05, 3.63) is 34.4 Å². The zero-order valence-corrected chi connectivity index (χ0v) is 11.6. The van der Waals surface area contributed by atoms with Gasteiger partial charge < -0.3 is 4.79 Å². The number of carbonyl (C=O) groups excluding carboxylic acids is 1. The lowest BCUT2D eigenvalue weighted by atomic mass is 9.88. The van der Waals surface area contributed by atoms with Crippen LogP contribution in [0.1, 0.15) is 29.2 Å². The Kier molecular flexibility index (Phi) is 3.83. The van der Waals surface area contributed by atoms with E-state index in [1.165, 1.54) is 22.3 Å². The van der Waals surface area contributed by atoms with E-state index >= 15 is 0 Å². The van der Waals surface area contributed by atoms with Gasteiger partial charge in [-0.25, -0.2) is 0 Å². The lowest BCUT2D eigenvalue weighted by molar-refractivity contribution is -0.111. The van der Waals surface area contributed by atoms with Gasteiger partial charge in [0.25, 0.3) is 0 Å². The molecule has 0 bridgehead atoms.